The number of carbonyl (C=O) groups excluding carboxylic acids is 3. The SMILES string of the molecule is CCC1C(=O)NC(=O)CN1C(=O)C1CCOC1C. The van der Waals surface area contributed by atoms with Crippen molar-refractivity contribution < 1.29 is 19.1 Å². The first kappa shape index (κ1) is 13.0. The first-order valence-corrected chi connectivity index (χ1v) is 6.30. The van der Waals surface area contributed by atoms with E-state index in [1.807, 2.05) is 13.8 Å². The van der Waals surface area contributed by atoms with Gasteiger partial charge in [-0.3, -0.25) is 19.7 Å². The van der Waals surface area contributed by atoms with E-state index in [0.717, 1.165) is 0 Å². The lowest BCUT2D eigenvalue weighted by atomic mass is 9.98. The molecular formula is C12H18N2O4. The normalized spacial score (nSPS) is 32.6. The molecule has 0 aliphatic carbocycles. The van der Waals surface area contributed by atoms with E-state index in [1.165, 1.54) is 4.90 Å². The second-order valence-corrected chi connectivity index (χ2v) is 4.77. The van der Waals surface area contributed by atoms with Crippen molar-refractivity contribution in [2.75, 3.05) is 13.2 Å². The van der Waals surface area contributed by atoms with Gasteiger partial charge >= 0.3 is 0 Å². The summed E-state index contributed by atoms with van der Waals surface area (Å²) in [6.45, 7) is 4.20. The Morgan fingerprint density at radius 1 is 1.50 bits per heavy atom. The van der Waals surface area contributed by atoms with Gasteiger partial charge in [0.25, 0.3) is 0 Å². The van der Waals surface area contributed by atoms with Gasteiger partial charge < -0.3 is 9.64 Å². The van der Waals surface area contributed by atoms with E-state index in [4.69, 9.17) is 4.74 Å². The molecule has 6 nitrogen and oxygen atoms in total. The Hall–Kier alpha value is -1.43. The van der Waals surface area contributed by atoms with E-state index in [9.17, 15) is 14.4 Å². The molecule has 3 atom stereocenters. The maximum atomic E-state index is 12.4. The number of piperazine rings is 1. The topological polar surface area (TPSA) is 75.7 Å². The van der Waals surface area contributed by atoms with Gasteiger partial charge in [0.15, 0.2) is 0 Å². The van der Waals surface area contributed by atoms with Crippen molar-refractivity contribution in [1.29, 1.82) is 0 Å². The minimum absolute atomic E-state index is 0.0354. The molecular weight excluding hydrogens is 236 g/mol. The lowest BCUT2D eigenvalue weighted by Crippen LogP contribution is -2.60. The van der Waals surface area contributed by atoms with Gasteiger partial charge in [0.05, 0.1) is 12.0 Å². The third-order valence-corrected chi connectivity index (χ3v) is 3.62. The zero-order valence-corrected chi connectivity index (χ0v) is 10.6. The number of hydrogen-bond donors (Lipinski definition) is 1. The summed E-state index contributed by atoms with van der Waals surface area (Å²) >= 11 is 0. The highest BCUT2D eigenvalue weighted by atomic mass is 16.5. The van der Waals surface area contributed by atoms with E-state index in [-0.39, 0.29) is 30.4 Å². The van der Waals surface area contributed by atoms with Gasteiger partial charge in [0.1, 0.15) is 12.6 Å². The van der Waals surface area contributed by atoms with Crippen molar-refractivity contribution in [3.8, 4) is 0 Å². The molecule has 100 valence electrons. The number of rotatable bonds is 2. The smallest absolute Gasteiger partial charge is 0.249 e. The van der Waals surface area contributed by atoms with Crippen molar-refractivity contribution in [2.24, 2.45) is 5.92 Å². The third-order valence-electron chi connectivity index (χ3n) is 3.62. The van der Waals surface area contributed by atoms with Crippen molar-refractivity contribution in [3.63, 3.8) is 0 Å². The van der Waals surface area contributed by atoms with Crippen LogP contribution in [0.3, 0.4) is 0 Å². The number of amides is 3. The van der Waals surface area contributed by atoms with Crippen molar-refractivity contribution >= 4 is 17.7 Å². The lowest BCUT2D eigenvalue weighted by Gasteiger charge is -2.35. The van der Waals surface area contributed by atoms with Gasteiger partial charge in [-0.05, 0) is 19.8 Å². The summed E-state index contributed by atoms with van der Waals surface area (Å²) in [5, 5.41) is 2.26. The molecule has 3 amide bonds. The molecule has 2 rings (SSSR count). The van der Waals surface area contributed by atoms with Crippen molar-refractivity contribution in [2.45, 2.75) is 38.8 Å². The van der Waals surface area contributed by atoms with E-state index in [1.54, 1.807) is 0 Å². The van der Waals surface area contributed by atoms with E-state index in [2.05, 4.69) is 5.32 Å². The number of ether oxygens (including phenoxy) is 1. The van der Waals surface area contributed by atoms with Crippen molar-refractivity contribution in [3.05, 3.63) is 0 Å². The summed E-state index contributed by atoms with van der Waals surface area (Å²) < 4.78 is 5.37. The first-order valence-electron chi connectivity index (χ1n) is 6.30. The Labute approximate surface area is 106 Å². The Morgan fingerprint density at radius 3 is 2.78 bits per heavy atom. The molecule has 2 heterocycles. The molecule has 2 aliphatic rings. The maximum absolute atomic E-state index is 12.4. The van der Waals surface area contributed by atoms with E-state index in [0.29, 0.717) is 19.4 Å². The molecule has 2 aliphatic heterocycles. The Bertz CT molecular complexity index is 382. The maximum Gasteiger partial charge on any atom is 0.249 e. The predicted octanol–water partition coefficient (Wildman–Crippen LogP) is -0.325. The highest BCUT2D eigenvalue weighted by molar-refractivity contribution is 6.04. The summed E-state index contributed by atoms with van der Waals surface area (Å²) in [5.74, 6) is -1.17. The molecule has 6 heteroatoms. The molecule has 0 spiro atoms. The van der Waals surface area contributed by atoms with Crippen molar-refractivity contribution in [1.82, 2.24) is 10.2 Å². The van der Waals surface area contributed by atoms with Crippen LogP contribution in [0.5, 0.6) is 0 Å². The molecule has 0 saturated carbocycles. The molecule has 0 aromatic rings. The first-order chi connectivity index (χ1) is 8.54. The van der Waals surface area contributed by atoms with Gasteiger partial charge in [-0.25, -0.2) is 0 Å². The number of imide groups is 1. The Balaban J connectivity index is 2.15. The molecule has 18 heavy (non-hydrogen) atoms. The van der Waals surface area contributed by atoms with Gasteiger partial charge in [0.2, 0.25) is 17.7 Å². The lowest BCUT2D eigenvalue weighted by molar-refractivity contribution is -0.153. The van der Waals surface area contributed by atoms with Crippen LogP contribution in [0.15, 0.2) is 0 Å². The fraction of sp³-hybridized carbons (Fsp3) is 0.750. The fourth-order valence-corrected chi connectivity index (χ4v) is 2.57. The molecule has 0 radical (unpaired) electrons. The van der Waals surface area contributed by atoms with Crippen LogP contribution >= 0.6 is 0 Å². The van der Waals surface area contributed by atoms with Gasteiger partial charge in [-0.1, -0.05) is 6.92 Å². The molecule has 0 bridgehead atoms. The monoisotopic (exact) mass is 254 g/mol. The second-order valence-electron chi connectivity index (χ2n) is 4.77. The second kappa shape index (κ2) is 5.06. The largest absolute Gasteiger partial charge is 0.378 e. The summed E-state index contributed by atoms with van der Waals surface area (Å²) in [6, 6.07) is -0.539. The quantitative estimate of drug-likeness (QED) is 0.685. The third kappa shape index (κ3) is 2.25. The van der Waals surface area contributed by atoms with Gasteiger partial charge in [0, 0.05) is 6.61 Å². The molecule has 1 N–H and O–H groups in total. The van der Waals surface area contributed by atoms with Gasteiger partial charge in [-0.15, -0.1) is 0 Å². The standard InChI is InChI=1S/C12H18N2O4/c1-3-9-11(16)13-10(15)6-14(9)12(17)8-4-5-18-7(8)2/h7-9H,3-6H2,1-2H3,(H,13,15,16). The predicted molar refractivity (Wildman–Crippen MR) is 62.5 cm³/mol. The Morgan fingerprint density at radius 2 is 2.22 bits per heavy atom. The van der Waals surface area contributed by atoms with E-state index >= 15 is 0 Å². The number of nitrogens with zero attached hydrogens (tertiary/aromatic N) is 1. The van der Waals surface area contributed by atoms with Crippen LogP contribution in [0.25, 0.3) is 0 Å². The molecule has 0 aromatic heterocycles. The van der Waals surface area contributed by atoms with Crippen LogP contribution in [0.4, 0.5) is 0 Å². The molecule has 0 aromatic carbocycles. The van der Waals surface area contributed by atoms with Crippen LogP contribution in [-0.2, 0) is 19.1 Å². The summed E-state index contributed by atoms with van der Waals surface area (Å²) in [6.07, 6.45) is 1.02. The highest BCUT2D eigenvalue weighted by Crippen LogP contribution is 2.24. The number of hydrogen-bond acceptors (Lipinski definition) is 4. The number of nitrogens with one attached hydrogen (secondary N) is 1. The molecule has 2 fully saturated rings. The highest BCUT2D eigenvalue weighted by Gasteiger charge is 2.41. The summed E-state index contributed by atoms with van der Waals surface area (Å²) in [7, 11) is 0. The average Bonchev–Trinajstić information content (AvgIpc) is 2.73. The zero-order chi connectivity index (χ0) is 13.3. The van der Waals surface area contributed by atoms with Crippen LogP contribution < -0.4 is 5.32 Å². The minimum atomic E-state index is -0.539. The van der Waals surface area contributed by atoms with Crippen LogP contribution in [-0.4, -0.2) is 47.9 Å². The van der Waals surface area contributed by atoms with Crippen LogP contribution in [0.2, 0.25) is 0 Å². The zero-order valence-electron chi connectivity index (χ0n) is 10.6. The Kier molecular flexibility index (Phi) is 3.65. The van der Waals surface area contributed by atoms with Gasteiger partial charge in [-0.2, -0.15) is 0 Å². The average molecular weight is 254 g/mol. The van der Waals surface area contributed by atoms with Crippen LogP contribution in [0.1, 0.15) is 26.7 Å². The van der Waals surface area contributed by atoms with Crippen LogP contribution in [0, 0.1) is 5.92 Å². The summed E-state index contributed by atoms with van der Waals surface area (Å²) in [5.41, 5.74) is 0. The molecule has 3 unspecified atom stereocenters. The van der Waals surface area contributed by atoms with E-state index < -0.39 is 11.9 Å². The fourth-order valence-electron chi connectivity index (χ4n) is 2.57. The summed E-state index contributed by atoms with van der Waals surface area (Å²) in [4.78, 5) is 36.9. The molecule has 2 saturated heterocycles. The minimum Gasteiger partial charge on any atom is -0.378 e. The number of carbonyl (C=O) groups is 3.